The molecule has 2 aliphatic rings. The Bertz CT molecular complexity index is 945. The Balaban J connectivity index is 1.53. The van der Waals surface area contributed by atoms with Gasteiger partial charge in [0.25, 0.3) is 0 Å². The quantitative estimate of drug-likeness (QED) is 0.678. The van der Waals surface area contributed by atoms with Crippen molar-refractivity contribution in [3.8, 4) is 11.1 Å². The number of rotatable bonds is 7. The molecule has 2 amide bonds. The van der Waals surface area contributed by atoms with Crippen LogP contribution >= 0.6 is 0 Å². The summed E-state index contributed by atoms with van der Waals surface area (Å²) < 4.78 is 0. The number of hydrogen-bond donors (Lipinski definition) is 1. The van der Waals surface area contributed by atoms with Gasteiger partial charge in [0.2, 0.25) is 11.8 Å². The smallest absolute Gasteiger partial charge is 0.226 e. The third kappa shape index (κ3) is 4.73. The lowest BCUT2D eigenvalue weighted by molar-refractivity contribution is -0.141. The first kappa shape index (κ1) is 21.4. The van der Waals surface area contributed by atoms with Gasteiger partial charge >= 0.3 is 0 Å². The molecule has 2 aromatic carbocycles. The molecule has 1 saturated heterocycles. The number of nitrogens with one attached hydrogen (secondary N) is 1. The average Bonchev–Trinajstić information content (AvgIpc) is 3.54. The van der Waals surface area contributed by atoms with E-state index in [9.17, 15) is 9.59 Å². The maximum atomic E-state index is 13.3. The highest BCUT2D eigenvalue weighted by Crippen LogP contribution is 2.42. The number of benzene rings is 2. The lowest BCUT2D eigenvalue weighted by atomic mass is 9.72. The van der Waals surface area contributed by atoms with Crippen LogP contribution in [0, 0.1) is 17.3 Å². The molecule has 4 rings (SSSR count). The molecule has 2 aromatic rings. The van der Waals surface area contributed by atoms with E-state index in [4.69, 9.17) is 0 Å². The fraction of sp³-hybridized carbons (Fsp3) is 0.407. The van der Waals surface area contributed by atoms with Crippen LogP contribution in [0.15, 0.2) is 67.3 Å². The van der Waals surface area contributed by atoms with Crippen molar-refractivity contribution in [2.45, 2.75) is 32.6 Å². The van der Waals surface area contributed by atoms with E-state index in [1.807, 2.05) is 23.1 Å². The van der Waals surface area contributed by atoms with Crippen molar-refractivity contribution in [2.24, 2.45) is 17.3 Å². The summed E-state index contributed by atoms with van der Waals surface area (Å²) in [4.78, 5) is 27.9. The first-order valence-corrected chi connectivity index (χ1v) is 11.3. The molecule has 1 aliphatic carbocycles. The fourth-order valence-electron chi connectivity index (χ4n) is 4.77. The van der Waals surface area contributed by atoms with Gasteiger partial charge in [0, 0.05) is 25.6 Å². The van der Waals surface area contributed by atoms with Crippen molar-refractivity contribution >= 4 is 11.8 Å². The van der Waals surface area contributed by atoms with Crippen molar-refractivity contribution in [1.29, 1.82) is 0 Å². The van der Waals surface area contributed by atoms with E-state index in [0.717, 1.165) is 17.5 Å². The van der Waals surface area contributed by atoms with Crippen LogP contribution in [0.1, 0.15) is 31.7 Å². The summed E-state index contributed by atoms with van der Waals surface area (Å²) in [5.41, 5.74) is 3.00. The summed E-state index contributed by atoms with van der Waals surface area (Å²) in [5.74, 6) is 1.06. The summed E-state index contributed by atoms with van der Waals surface area (Å²) in [6.45, 7) is 7.64. The second kappa shape index (κ2) is 9.09. The Morgan fingerprint density at radius 3 is 2.42 bits per heavy atom. The summed E-state index contributed by atoms with van der Waals surface area (Å²) in [6, 6.07) is 18.8. The van der Waals surface area contributed by atoms with Crippen molar-refractivity contribution in [2.75, 3.05) is 19.6 Å². The molecule has 4 nitrogen and oxygen atoms in total. The maximum absolute atomic E-state index is 13.3. The number of nitrogens with zero attached hydrogens (tertiary/aromatic N) is 1. The summed E-state index contributed by atoms with van der Waals surface area (Å²) >= 11 is 0. The molecule has 4 heteroatoms. The van der Waals surface area contributed by atoms with Gasteiger partial charge in [-0.05, 0) is 48.3 Å². The number of hydrogen-bond acceptors (Lipinski definition) is 2. The fourth-order valence-corrected chi connectivity index (χ4v) is 4.77. The molecule has 1 heterocycles. The van der Waals surface area contributed by atoms with E-state index in [-0.39, 0.29) is 17.7 Å². The molecule has 1 aliphatic heterocycles. The Morgan fingerprint density at radius 1 is 1.10 bits per heavy atom. The van der Waals surface area contributed by atoms with E-state index >= 15 is 0 Å². The monoisotopic (exact) mass is 416 g/mol. The molecule has 0 unspecified atom stereocenters. The Labute approximate surface area is 185 Å². The predicted octanol–water partition coefficient (Wildman–Crippen LogP) is 4.46. The van der Waals surface area contributed by atoms with Gasteiger partial charge in [0.05, 0.1) is 5.41 Å². The minimum Gasteiger partial charge on any atom is -0.352 e. The van der Waals surface area contributed by atoms with Gasteiger partial charge in [-0.3, -0.25) is 9.59 Å². The third-order valence-electron chi connectivity index (χ3n) is 6.92. The van der Waals surface area contributed by atoms with Crippen molar-refractivity contribution < 1.29 is 9.59 Å². The normalized spacial score (nSPS) is 21.9. The maximum Gasteiger partial charge on any atom is 0.226 e. The SMILES string of the molecule is C=CCNC(=O)C1(Cc2cccc(-c3ccccc3)c2)CCN(C(=O)[C@@H]2C[C@H]2C)CC1. The second-order valence-corrected chi connectivity index (χ2v) is 9.17. The lowest BCUT2D eigenvalue weighted by Crippen LogP contribution is -2.51. The third-order valence-corrected chi connectivity index (χ3v) is 6.92. The van der Waals surface area contributed by atoms with Crippen molar-refractivity contribution in [3.63, 3.8) is 0 Å². The van der Waals surface area contributed by atoms with Crippen LogP contribution in [0.4, 0.5) is 0 Å². The van der Waals surface area contributed by atoms with E-state index in [1.165, 1.54) is 5.56 Å². The van der Waals surface area contributed by atoms with Crippen LogP contribution in [-0.4, -0.2) is 36.3 Å². The van der Waals surface area contributed by atoms with Crippen LogP contribution in [0.3, 0.4) is 0 Å². The van der Waals surface area contributed by atoms with Crippen LogP contribution in [0.5, 0.6) is 0 Å². The highest BCUT2D eigenvalue weighted by Gasteiger charge is 2.46. The topological polar surface area (TPSA) is 49.4 Å². The van der Waals surface area contributed by atoms with E-state index in [0.29, 0.717) is 44.8 Å². The second-order valence-electron chi connectivity index (χ2n) is 9.17. The van der Waals surface area contributed by atoms with Crippen LogP contribution in [-0.2, 0) is 16.0 Å². The number of carbonyl (C=O) groups excluding carboxylic acids is 2. The average molecular weight is 417 g/mol. The minimum absolute atomic E-state index is 0.0735. The molecule has 0 radical (unpaired) electrons. The first-order valence-electron chi connectivity index (χ1n) is 11.3. The molecule has 1 N–H and O–H groups in total. The van der Waals surface area contributed by atoms with Gasteiger partial charge in [0.15, 0.2) is 0 Å². The molecule has 0 bridgehead atoms. The largest absolute Gasteiger partial charge is 0.352 e. The van der Waals surface area contributed by atoms with Crippen LogP contribution in [0.2, 0.25) is 0 Å². The zero-order valence-electron chi connectivity index (χ0n) is 18.3. The minimum atomic E-state index is -0.496. The van der Waals surface area contributed by atoms with Gasteiger partial charge in [0.1, 0.15) is 0 Å². The van der Waals surface area contributed by atoms with Crippen molar-refractivity contribution in [1.82, 2.24) is 10.2 Å². The van der Waals surface area contributed by atoms with Gasteiger partial charge in [-0.1, -0.05) is 67.6 Å². The number of amides is 2. The van der Waals surface area contributed by atoms with E-state index < -0.39 is 5.41 Å². The summed E-state index contributed by atoms with van der Waals surface area (Å²) in [6.07, 6.45) is 4.79. The van der Waals surface area contributed by atoms with E-state index in [2.05, 4.69) is 55.2 Å². The summed E-state index contributed by atoms with van der Waals surface area (Å²) in [5, 5.41) is 3.04. The molecule has 1 saturated carbocycles. The molecule has 162 valence electrons. The standard InChI is InChI=1S/C27H32N2O2/c1-3-14-28-26(31)27(12-15-29(16-13-27)25(30)24-17-20(24)2)19-21-8-7-11-23(18-21)22-9-5-4-6-10-22/h3-11,18,20,24H,1,12-17,19H2,2H3,(H,28,31)/t20-,24-/m1/s1. The zero-order chi connectivity index (χ0) is 21.8. The number of piperidine rings is 1. The van der Waals surface area contributed by atoms with Gasteiger partial charge < -0.3 is 10.2 Å². The highest BCUT2D eigenvalue weighted by molar-refractivity contribution is 5.85. The Morgan fingerprint density at radius 2 is 1.77 bits per heavy atom. The van der Waals surface area contributed by atoms with Crippen LogP contribution in [0.25, 0.3) is 11.1 Å². The zero-order valence-corrected chi connectivity index (χ0v) is 18.3. The van der Waals surface area contributed by atoms with Gasteiger partial charge in [-0.15, -0.1) is 6.58 Å². The van der Waals surface area contributed by atoms with Gasteiger partial charge in [-0.2, -0.15) is 0 Å². The molecule has 0 spiro atoms. The predicted molar refractivity (Wildman–Crippen MR) is 124 cm³/mol. The molecule has 0 aromatic heterocycles. The highest BCUT2D eigenvalue weighted by atomic mass is 16.2. The number of likely N-dealkylation sites (tertiary alicyclic amines) is 1. The van der Waals surface area contributed by atoms with Gasteiger partial charge in [-0.25, -0.2) is 0 Å². The molecular weight excluding hydrogens is 384 g/mol. The number of carbonyl (C=O) groups is 2. The van der Waals surface area contributed by atoms with Crippen molar-refractivity contribution in [3.05, 3.63) is 72.8 Å². The molecule has 2 atom stereocenters. The summed E-state index contributed by atoms with van der Waals surface area (Å²) in [7, 11) is 0. The molecular formula is C27H32N2O2. The van der Waals surface area contributed by atoms with E-state index in [1.54, 1.807) is 6.08 Å². The lowest BCUT2D eigenvalue weighted by Gasteiger charge is -2.41. The molecule has 2 fully saturated rings. The Hall–Kier alpha value is -2.88. The first-order chi connectivity index (χ1) is 15.0. The molecule has 31 heavy (non-hydrogen) atoms. The Kier molecular flexibility index (Phi) is 6.26. The van der Waals surface area contributed by atoms with Crippen LogP contribution < -0.4 is 5.32 Å².